The molecule has 0 bridgehead atoms. The third-order valence-electron chi connectivity index (χ3n) is 12.1. The first-order valence-electron chi connectivity index (χ1n) is 23.9. The molecule has 4 aromatic carbocycles. The molecule has 0 aliphatic heterocycles. The lowest BCUT2D eigenvalue weighted by molar-refractivity contribution is -0.144. The average molecular weight is 972 g/mol. The molecule has 0 unspecified atom stereocenters. The molecule has 0 spiro atoms. The number of aliphatic imine (C=N–C) groups is 1. The van der Waals surface area contributed by atoms with Gasteiger partial charge in [0.1, 0.15) is 0 Å². The van der Waals surface area contributed by atoms with Gasteiger partial charge in [-0.25, -0.2) is 0 Å². The molecule has 4 aromatic rings. The second kappa shape index (κ2) is 27.5. The molecule has 0 heterocycles. The third-order valence-corrected chi connectivity index (χ3v) is 12.1. The third kappa shape index (κ3) is 20.5. The van der Waals surface area contributed by atoms with Crippen molar-refractivity contribution in [1.29, 1.82) is 0 Å². The van der Waals surface area contributed by atoms with E-state index in [1.165, 1.54) is 64.2 Å². The monoisotopic (exact) mass is 971 g/mol. The molecule has 0 aromatic heterocycles. The predicted molar refractivity (Wildman–Crippen MR) is 247 cm³/mol. The second-order valence-corrected chi connectivity index (χ2v) is 17.8. The topological polar surface area (TPSA) is 36.4 Å². The van der Waals surface area contributed by atoms with Gasteiger partial charge >= 0.3 is 24.7 Å². The lowest BCUT2D eigenvalue weighted by Crippen LogP contribution is -2.40. The van der Waals surface area contributed by atoms with Crippen LogP contribution >= 0.6 is 0 Å². The van der Waals surface area contributed by atoms with Gasteiger partial charge in [0.05, 0.1) is 22.3 Å². The summed E-state index contributed by atoms with van der Waals surface area (Å²) in [4.78, 5) is 4.65. The van der Waals surface area contributed by atoms with Crippen LogP contribution in [0.3, 0.4) is 0 Å². The summed E-state index contributed by atoms with van der Waals surface area (Å²) >= 11 is 0. The Morgan fingerprint density at radius 1 is 0.426 bits per heavy atom. The number of rotatable bonds is 27. The van der Waals surface area contributed by atoms with Crippen LogP contribution in [0.5, 0.6) is 0 Å². The molecule has 2 N–H and O–H groups in total. The van der Waals surface area contributed by atoms with E-state index in [0.29, 0.717) is 48.4 Å². The molecule has 4 rings (SSSR count). The molecule has 3 nitrogen and oxygen atoms in total. The summed E-state index contributed by atoms with van der Waals surface area (Å²) in [6, 6.07) is 19.7. The Morgan fingerprint density at radius 2 is 0.765 bits per heavy atom. The van der Waals surface area contributed by atoms with Crippen LogP contribution in [0, 0.1) is 0 Å². The van der Waals surface area contributed by atoms with Crippen molar-refractivity contribution in [2.75, 3.05) is 19.6 Å². The van der Waals surface area contributed by atoms with Gasteiger partial charge in [-0.15, -0.1) is 0 Å². The van der Waals surface area contributed by atoms with Gasteiger partial charge in [-0.1, -0.05) is 164 Å². The van der Waals surface area contributed by atoms with Crippen molar-refractivity contribution in [2.24, 2.45) is 4.99 Å². The predicted octanol–water partition coefficient (Wildman–Crippen LogP) is 16.9. The van der Waals surface area contributed by atoms with E-state index in [4.69, 9.17) is 0 Å². The Labute approximate surface area is 393 Å². The van der Waals surface area contributed by atoms with E-state index in [1.807, 2.05) is 0 Å². The minimum Gasteiger partial charge on any atom is -0.356 e. The lowest BCUT2D eigenvalue weighted by Gasteiger charge is -2.24. The van der Waals surface area contributed by atoms with Crippen LogP contribution in [-0.4, -0.2) is 25.6 Å². The Kier molecular flexibility index (Phi) is 22.6. The zero-order chi connectivity index (χ0) is 49.6. The van der Waals surface area contributed by atoms with Crippen molar-refractivity contribution in [3.8, 4) is 0 Å². The number of hydrogen-bond acceptors (Lipinski definition) is 1. The molecule has 0 aliphatic rings. The first-order valence-corrected chi connectivity index (χ1v) is 23.9. The number of guanidine groups is 1. The largest absolute Gasteiger partial charge is 0.416 e. The second-order valence-electron chi connectivity index (χ2n) is 17.8. The average Bonchev–Trinajstić information content (AvgIpc) is 3.28. The Hall–Kier alpha value is -4.69. The fourth-order valence-electron chi connectivity index (χ4n) is 8.30. The molecule has 0 saturated carbocycles. The number of hydrogen-bond donors (Lipinski definition) is 2. The van der Waals surface area contributed by atoms with Crippen molar-refractivity contribution >= 4 is 5.96 Å². The Bertz CT molecular complexity index is 2000. The number of unbranched alkanes of at least 4 members (excludes halogenated alkanes) is 15. The van der Waals surface area contributed by atoms with E-state index in [9.17, 15) is 52.7 Å². The highest BCUT2D eigenvalue weighted by atomic mass is 19.4. The minimum absolute atomic E-state index is 0.00353. The molecule has 15 heteroatoms. The van der Waals surface area contributed by atoms with Crippen LogP contribution in [0.15, 0.2) is 102 Å². The van der Waals surface area contributed by atoms with Crippen molar-refractivity contribution in [2.45, 2.75) is 159 Å². The maximum absolute atomic E-state index is 14.1. The molecule has 0 radical (unpaired) electrons. The van der Waals surface area contributed by atoms with Crippen LogP contribution in [0.1, 0.15) is 166 Å². The standard InChI is InChI=1S/C53H65F12N3/c1-2-3-4-5-6-7-8-9-10-11-12-13-14-15-16-23-28-66-49(67-37-43(29-39-24-19-17-20-25-39)41-31-45(50(54,55)56)35-46(32-41)51(57,58)59)68-38-44(30-40-26-21-18-22-27-40)42-33-47(52(60,61)62)36-48(34-42)53(63,64)65/h17-22,24-27,31-36,43-44H,2-16,23,28-30,37-38H2,1H3,(H2,66,67,68)/t43-,44-/m1/s1. The molecule has 0 aliphatic carbocycles. The van der Waals surface area contributed by atoms with Gasteiger partial charge in [0, 0.05) is 31.5 Å². The van der Waals surface area contributed by atoms with Gasteiger partial charge in [-0.3, -0.25) is 4.99 Å². The molecular formula is C53H65F12N3. The van der Waals surface area contributed by atoms with E-state index >= 15 is 0 Å². The number of halogens is 12. The normalized spacial score (nSPS) is 13.7. The number of nitrogens with one attached hydrogen (secondary N) is 2. The van der Waals surface area contributed by atoms with Gasteiger partial charge in [0.15, 0.2) is 5.96 Å². The van der Waals surface area contributed by atoms with Crippen LogP contribution in [0.4, 0.5) is 52.7 Å². The molecule has 2 atom stereocenters. The van der Waals surface area contributed by atoms with Crippen molar-refractivity contribution in [3.63, 3.8) is 0 Å². The number of benzene rings is 4. The summed E-state index contributed by atoms with van der Waals surface area (Å²) in [7, 11) is 0. The van der Waals surface area contributed by atoms with Crippen molar-refractivity contribution in [3.05, 3.63) is 142 Å². The van der Waals surface area contributed by atoms with Crippen LogP contribution in [0.2, 0.25) is 0 Å². The van der Waals surface area contributed by atoms with E-state index in [-0.39, 0.29) is 55.2 Å². The highest BCUT2D eigenvalue weighted by Gasteiger charge is 2.39. The summed E-state index contributed by atoms with van der Waals surface area (Å²) < 4.78 is 169. The highest BCUT2D eigenvalue weighted by molar-refractivity contribution is 5.80. The maximum atomic E-state index is 14.1. The zero-order valence-electron chi connectivity index (χ0n) is 38.7. The Balaban J connectivity index is 1.56. The molecule has 0 saturated heterocycles. The summed E-state index contributed by atoms with van der Waals surface area (Å²) in [5.41, 5.74) is -5.17. The smallest absolute Gasteiger partial charge is 0.356 e. The van der Waals surface area contributed by atoms with E-state index in [2.05, 4.69) is 22.5 Å². The van der Waals surface area contributed by atoms with Gasteiger partial charge < -0.3 is 10.6 Å². The van der Waals surface area contributed by atoms with Crippen LogP contribution in [0.25, 0.3) is 0 Å². The van der Waals surface area contributed by atoms with Crippen molar-refractivity contribution in [1.82, 2.24) is 10.6 Å². The number of nitrogens with zero attached hydrogens (tertiary/aromatic N) is 1. The van der Waals surface area contributed by atoms with Gasteiger partial charge in [-0.2, -0.15) is 52.7 Å². The highest BCUT2D eigenvalue weighted by Crippen LogP contribution is 2.40. The first-order chi connectivity index (χ1) is 32.2. The zero-order valence-corrected chi connectivity index (χ0v) is 38.7. The fourth-order valence-corrected chi connectivity index (χ4v) is 8.30. The minimum atomic E-state index is -5.10. The molecule has 376 valence electrons. The quantitative estimate of drug-likeness (QED) is 0.0270. The Morgan fingerprint density at radius 3 is 1.13 bits per heavy atom. The van der Waals surface area contributed by atoms with Crippen LogP contribution < -0.4 is 10.6 Å². The van der Waals surface area contributed by atoms with E-state index in [0.717, 1.165) is 32.1 Å². The van der Waals surface area contributed by atoms with Gasteiger partial charge in [-0.05, 0) is 77.9 Å². The molecule has 68 heavy (non-hydrogen) atoms. The van der Waals surface area contributed by atoms with E-state index < -0.39 is 58.8 Å². The lowest BCUT2D eigenvalue weighted by atomic mass is 9.89. The maximum Gasteiger partial charge on any atom is 0.416 e. The van der Waals surface area contributed by atoms with Gasteiger partial charge in [0.2, 0.25) is 0 Å². The van der Waals surface area contributed by atoms with Crippen molar-refractivity contribution < 1.29 is 52.7 Å². The van der Waals surface area contributed by atoms with Gasteiger partial charge in [0.25, 0.3) is 0 Å². The fraction of sp³-hybridized carbons (Fsp3) is 0.528. The summed E-state index contributed by atoms with van der Waals surface area (Å²) in [6.07, 6.45) is -1.93. The summed E-state index contributed by atoms with van der Waals surface area (Å²) in [5, 5.41) is 6.24. The van der Waals surface area contributed by atoms with E-state index in [1.54, 1.807) is 60.7 Å². The summed E-state index contributed by atoms with van der Waals surface area (Å²) in [5.74, 6) is -1.96. The first kappa shape index (κ1) is 55.9. The molecule has 0 amide bonds. The summed E-state index contributed by atoms with van der Waals surface area (Å²) in [6.45, 7) is 1.99. The molecular weight excluding hydrogens is 907 g/mol. The SMILES string of the molecule is CCCCCCCCCCCCCCCCCCNC(=NC[C@@H](Cc1ccccc1)c1cc(C(F)(F)F)cc(C(F)(F)F)c1)NC[C@@H](Cc1ccccc1)c1cc(C(F)(F)F)cc(C(F)(F)F)c1. The molecule has 0 fully saturated rings. The number of alkyl halides is 12. The van der Waals surface area contributed by atoms with Crippen LogP contribution in [-0.2, 0) is 37.5 Å².